The normalized spacial score (nSPS) is 35.7. The maximum Gasteiger partial charge on any atom is 0.347 e. The van der Waals surface area contributed by atoms with Crippen LogP contribution in [0, 0.1) is 50.7 Å². The van der Waals surface area contributed by atoms with Gasteiger partial charge < -0.3 is 14.2 Å². The molecule has 4 bridgehead atoms. The highest BCUT2D eigenvalue weighted by Gasteiger charge is 2.68. The van der Waals surface area contributed by atoms with Crippen LogP contribution >= 0.6 is 0 Å². The lowest BCUT2D eigenvalue weighted by Crippen LogP contribution is -2.65. The third-order valence-electron chi connectivity index (χ3n) is 13.5. The highest BCUT2D eigenvalue weighted by Crippen LogP contribution is 2.67. The molecule has 5 fully saturated rings. The number of ether oxygens (including phenoxy) is 3. The van der Waals surface area contributed by atoms with Crippen molar-refractivity contribution >= 4 is 17.9 Å². The summed E-state index contributed by atoms with van der Waals surface area (Å²) in [7, 11) is 0. The molecule has 1 aliphatic heterocycles. The van der Waals surface area contributed by atoms with E-state index < -0.39 is 50.7 Å². The molecule has 3 atom stereocenters. The Hall–Kier alpha value is -1.59. The van der Waals surface area contributed by atoms with Crippen LogP contribution in [0.2, 0.25) is 0 Å². The fourth-order valence-electron chi connectivity index (χ4n) is 9.09. The molecule has 0 aromatic rings. The maximum absolute atomic E-state index is 14.7. The van der Waals surface area contributed by atoms with Gasteiger partial charge in [0.05, 0.1) is 17.4 Å². The Labute approximate surface area is 236 Å². The predicted octanol–water partition coefficient (Wildman–Crippen LogP) is 7.12. The Morgan fingerprint density at radius 2 is 1.36 bits per heavy atom. The van der Waals surface area contributed by atoms with Crippen molar-refractivity contribution in [3.05, 3.63) is 0 Å². The molecule has 4 saturated carbocycles. The number of carbonyl (C=O) groups excluding carboxylic acids is 3. The molecule has 6 nitrogen and oxygen atoms in total. The van der Waals surface area contributed by atoms with Crippen molar-refractivity contribution in [1.82, 2.24) is 0 Å². The molecule has 222 valence electrons. The van der Waals surface area contributed by atoms with Gasteiger partial charge in [0.25, 0.3) is 0 Å². The number of cyclic esters (lactones) is 1. The van der Waals surface area contributed by atoms with Crippen LogP contribution in [0.4, 0.5) is 0 Å². The lowest BCUT2D eigenvalue weighted by molar-refractivity contribution is -0.237. The number of hydrogen-bond donors (Lipinski definition) is 0. The summed E-state index contributed by atoms with van der Waals surface area (Å²) < 4.78 is 17.6. The van der Waals surface area contributed by atoms with Crippen LogP contribution in [0.3, 0.4) is 0 Å². The first-order valence-electron chi connectivity index (χ1n) is 15.4. The molecular formula is C33H54O6. The summed E-state index contributed by atoms with van der Waals surface area (Å²) >= 11 is 0. The molecule has 6 heteroatoms. The average Bonchev–Trinajstić information content (AvgIpc) is 3.23. The SMILES string of the molecule is CCC(C)(C(=O)OC1CCOC1=O)C(C)(C)C(C)(C)C(C)(C(=O)OC1(C)C2CC3CC(C2)CC1C3)C(C)(C)C. The first-order chi connectivity index (χ1) is 17.8. The van der Waals surface area contributed by atoms with Crippen molar-refractivity contribution < 1.29 is 28.6 Å². The molecule has 0 spiro atoms. The number of hydrogen-bond acceptors (Lipinski definition) is 6. The third kappa shape index (κ3) is 4.28. The van der Waals surface area contributed by atoms with Gasteiger partial charge in [0.2, 0.25) is 6.10 Å². The van der Waals surface area contributed by atoms with Crippen LogP contribution in [0.5, 0.6) is 0 Å². The quantitative estimate of drug-likeness (QED) is 0.238. The van der Waals surface area contributed by atoms with E-state index in [1.54, 1.807) is 0 Å². The van der Waals surface area contributed by atoms with Crippen LogP contribution in [0.15, 0.2) is 0 Å². The Morgan fingerprint density at radius 1 is 0.846 bits per heavy atom. The van der Waals surface area contributed by atoms with E-state index in [0.717, 1.165) is 11.8 Å². The Bertz CT molecular complexity index is 974. The molecule has 0 aromatic heterocycles. The molecule has 0 radical (unpaired) electrons. The Kier molecular flexibility index (Phi) is 7.38. The van der Waals surface area contributed by atoms with Gasteiger partial charge in [-0.3, -0.25) is 9.59 Å². The molecule has 1 saturated heterocycles. The lowest BCUT2D eigenvalue weighted by Gasteiger charge is -2.63. The van der Waals surface area contributed by atoms with Gasteiger partial charge >= 0.3 is 17.9 Å². The van der Waals surface area contributed by atoms with Gasteiger partial charge in [0.1, 0.15) is 5.60 Å². The molecule has 0 aromatic carbocycles. The van der Waals surface area contributed by atoms with Crippen LogP contribution in [-0.4, -0.2) is 36.2 Å². The van der Waals surface area contributed by atoms with Gasteiger partial charge in [-0.25, -0.2) is 4.79 Å². The summed E-state index contributed by atoms with van der Waals surface area (Å²) in [6.45, 7) is 23.1. The average molecular weight is 547 g/mol. The predicted molar refractivity (Wildman–Crippen MR) is 151 cm³/mol. The minimum Gasteiger partial charge on any atom is -0.463 e. The zero-order valence-electron chi connectivity index (χ0n) is 26.5. The van der Waals surface area contributed by atoms with Gasteiger partial charge in [0.15, 0.2) is 0 Å². The van der Waals surface area contributed by atoms with Crippen LogP contribution in [0.25, 0.3) is 0 Å². The van der Waals surface area contributed by atoms with Gasteiger partial charge in [-0.1, -0.05) is 55.4 Å². The molecule has 0 N–H and O–H groups in total. The van der Waals surface area contributed by atoms with Crippen LogP contribution < -0.4 is 0 Å². The summed E-state index contributed by atoms with van der Waals surface area (Å²) in [4.78, 5) is 40.7. The second-order valence-electron chi connectivity index (χ2n) is 16.0. The highest BCUT2D eigenvalue weighted by atomic mass is 16.6. The Balaban J connectivity index is 1.68. The first kappa shape index (κ1) is 30.4. The molecule has 5 aliphatic rings. The molecule has 39 heavy (non-hydrogen) atoms. The van der Waals surface area contributed by atoms with Gasteiger partial charge in [0, 0.05) is 6.42 Å². The number of carbonyl (C=O) groups is 3. The Morgan fingerprint density at radius 3 is 1.77 bits per heavy atom. The summed E-state index contributed by atoms with van der Waals surface area (Å²) in [5.74, 6) is 1.39. The summed E-state index contributed by atoms with van der Waals surface area (Å²) in [6, 6.07) is 0. The van der Waals surface area contributed by atoms with Gasteiger partial charge in [-0.05, 0) is 99.2 Å². The number of rotatable bonds is 8. The van der Waals surface area contributed by atoms with Crippen LogP contribution in [0.1, 0.15) is 121 Å². The smallest absolute Gasteiger partial charge is 0.347 e. The minimum atomic E-state index is -0.960. The van der Waals surface area contributed by atoms with E-state index in [9.17, 15) is 14.4 Å². The molecule has 5 rings (SSSR count). The van der Waals surface area contributed by atoms with Crippen LogP contribution in [-0.2, 0) is 28.6 Å². The zero-order valence-corrected chi connectivity index (χ0v) is 26.5. The largest absolute Gasteiger partial charge is 0.463 e. The van der Waals surface area contributed by atoms with E-state index in [1.807, 2.05) is 20.8 Å². The van der Waals surface area contributed by atoms with Crippen molar-refractivity contribution in [3.63, 3.8) is 0 Å². The second-order valence-corrected chi connectivity index (χ2v) is 16.0. The van der Waals surface area contributed by atoms with Crippen molar-refractivity contribution in [2.24, 2.45) is 50.7 Å². The van der Waals surface area contributed by atoms with E-state index in [-0.39, 0.29) is 12.6 Å². The van der Waals surface area contributed by atoms with Crippen molar-refractivity contribution in [2.75, 3.05) is 6.61 Å². The fourth-order valence-corrected chi connectivity index (χ4v) is 9.09. The lowest BCUT2D eigenvalue weighted by atomic mass is 9.41. The topological polar surface area (TPSA) is 78.9 Å². The van der Waals surface area contributed by atoms with Crippen molar-refractivity contribution in [2.45, 2.75) is 133 Å². The monoisotopic (exact) mass is 546 g/mol. The summed E-state index contributed by atoms with van der Waals surface area (Å²) in [5.41, 5.74) is -4.19. The van der Waals surface area contributed by atoms with E-state index in [0.29, 0.717) is 24.7 Å². The third-order valence-corrected chi connectivity index (χ3v) is 13.5. The molecule has 1 heterocycles. The van der Waals surface area contributed by atoms with Gasteiger partial charge in [-0.15, -0.1) is 0 Å². The van der Waals surface area contributed by atoms with E-state index >= 15 is 0 Å². The number of esters is 3. The first-order valence-corrected chi connectivity index (χ1v) is 15.4. The maximum atomic E-state index is 14.7. The highest BCUT2D eigenvalue weighted by molar-refractivity contribution is 5.84. The van der Waals surface area contributed by atoms with E-state index in [4.69, 9.17) is 14.2 Å². The minimum absolute atomic E-state index is 0.158. The van der Waals surface area contributed by atoms with Crippen molar-refractivity contribution in [3.8, 4) is 0 Å². The van der Waals surface area contributed by atoms with E-state index in [1.165, 1.54) is 32.1 Å². The molecule has 4 aliphatic carbocycles. The molecule has 0 amide bonds. The molecular weight excluding hydrogens is 492 g/mol. The van der Waals surface area contributed by atoms with Gasteiger partial charge in [-0.2, -0.15) is 0 Å². The fraction of sp³-hybridized carbons (Fsp3) is 0.909. The molecule has 3 unspecified atom stereocenters. The van der Waals surface area contributed by atoms with Crippen molar-refractivity contribution in [1.29, 1.82) is 0 Å². The summed E-state index contributed by atoms with van der Waals surface area (Å²) in [6.07, 6.45) is 6.04. The zero-order chi connectivity index (χ0) is 29.4. The second kappa shape index (κ2) is 9.48. The standard InChI is InChI=1S/C33H54O6/c1-12-31(9,26(35)38-24-13-14-37-25(24)34)29(5,6)30(7,8)33(11,28(2,3)4)27(36)39-32(10)22-16-20-15-21(18-22)19-23(32)17-20/h20-24H,12-19H2,1-11H3. The van der Waals surface area contributed by atoms with E-state index in [2.05, 4.69) is 55.4 Å². The summed E-state index contributed by atoms with van der Waals surface area (Å²) in [5, 5.41) is 0.